The van der Waals surface area contributed by atoms with E-state index < -0.39 is 0 Å². The molecule has 1 atom stereocenters. The van der Waals surface area contributed by atoms with Crippen molar-refractivity contribution in [2.24, 2.45) is 5.92 Å². The van der Waals surface area contributed by atoms with Crippen molar-refractivity contribution in [2.45, 2.75) is 39.8 Å². The summed E-state index contributed by atoms with van der Waals surface area (Å²) in [5.74, 6) is -0.383. The topological polar surface area (TPSA) is 74.8 Å². The summed E-state index contributed by atoms with van der Waals surface area (Å²) in [6, 6.07) is 6.44. The van der Waals surface area contributed by atoms with Crippen LogP contribution in [0.2, 0.25) is 0 Å². The second-order valence-corrected chi connectivity index (χ2v) is 6.26. The van der Waals surface area contributed by atoms with Crippen molar-refractivity contribution >= 4 is 11.8 Å². The van der Waals surface area contributed by atoms with Crippen LogP contribution >= 0.6 is 0 Å². The van der Waals surface area contributed by atoms with Crippen molar-refractivity contribution < 1.29 is 19.3 Å². The van der Waals surface area contributed by atoms with Gasteiger partial charge in [0.2, 0.25) is 5.91 Å². The summed E-state index contributed by atoms with van der Waals surface area (Å²) in [6.07, 6.45) is 0. The fraction of sp³-hybridized carbons (Fsp3) is 0.529. The molecule has 4 N–H and O–H groups in total. The Labute approximate surface area is 137 Å². The van der Waals surface area contributed by atoms with E-state index in [4.69, 9.17) is 0 Å². The predicted molar refractivity (Wildman–Crippen MR) is 87.1 cm³/mol. The Morgan fingerprint density at radius 2 is 1.70 bits per heavy atom. The lowest BCUT2D eigenvalue weighted by atomic mass is 9.96. The first kappa shape index (κ1) is 19.1. The molecule has 1 rings (SSSR count). The first-order valence-electron chi connectivity index (χ1n) is 7.94. The fourth-order valence-electron chi connectivity index (χ4n) is 2.34. The third kappa shape index (κ3) is 7.23. The molecule has 0 fully saturated rings. The average Bonchev–Trinajstić information content (AvgIpc) is 2.46. The van der Waals surface area contributed by atoms with Crippen LogP contribution in [0.5, 0.6) is 0 Å². The zero-order chi connectivity index (χ0) is 17.4. The molecule has 0 aliphatic heterocycles. The van der Waals surface area contributed by atoms with E-state index >= 15 is 0 Å². The van der Waals surface area contributed by atoms with Crippen LogP contribution in [-0.2, 0) is 9.59 Å². The maximum atomic E-state index is 13.0. The number of nitrogens with two attached hydrogens (primary N) is 1. The minimum Gasteiger partial charge on any atom is -0.352 e. The van der Waals surface area contributed by atoms with Crippen LogP contribution in [0.15, 0.2) is 24.3 Å². The molecule has 1 aromatic carbocycles. The molecule has 0 unspecified atom stereocenters. The number of quaternary nitrogens is 1. The zero-order valence-electron chi connectivity index (χ0n) is 14.2. The number of carbonyl (C=O) groups excluding carboxylic acids is 2. The van der Waals surface area contributed by atoms with Crippen LogP contribution in [0.3, 0.4) is 0 Å². The van der Waals surface area contributed by atoms with Crippen molar-refractivity contribution in [2.75, 3.05) is 13.1 Å². The SMILES string of the molecule is CC(C)NC(=O)CNC(=O)C[NH2+][C@@H](c1ccc(F)cc1)C(C)C. The Kier molecular flexibility index (Phi) is 7.68. The Bertz CT molecular complexity index is 515. The van der Waals surface area contributed by atoms with E-state index in [0.717, 1.165) is 5.56 Å². The first-order valence-corrected chi connectivity index (χ1v) is 7.94. The standard InChI is InChI=1S/C17H26FN3O2/c1-11(2)17(13-5-7-14(18)8-6-13)20-9-15(22)19-10-16(23)21-12(3)4/h5-8,11-12,17,20H,9-10H2,1-4H3,(H,19,22)(H,21,23)/p+1/t17-/m1/s1. The lowest BCUT2D eigenvalue weighted by molar-refractivity contribution is -0.692. The van der Waals surface area contributed by atoms with Gasteiger partial charge in [0.15, 0.2) is 6.54 Å². The third-order valence-electron chi connectivity index (χ3n) is 3.43. The van der Waals surface area contributed by atoms with Crippen LogP contribution in [0.1, 0.15) is 39.3 Å². The number of benzene rings is 1. The van der Waals surface area contributed by atoms with E-state index in [9.17, 15) is 14.0 Å². The molecule has 0 aliphatic carbocycles. The number of hydrogen-bond acceptors (Lipinski definition) is 2. The number of rotatable bonds is 8. The molecular formula is C17H27FN3O2+. The molecule has 0 saturated carbocycles. The Morgan fingerprint density at radius 3 is 2.22 bits per heavy atom. The van der Waals surface area contributed by atoms with E-state index in [2.05, 4.69) is 24.5 Å². The molecule has 0 spiro atoms. The smallest absolute Gasteiger partial charge is 0.275 e. The molecule has 6 heteroatoms. The van der Waals surface area contributed by atoms with Gasteiger partial charge in [-0.15, -0.1) is 0 Å². The van der Waals surface area contributed by atoms with Crippen LogP contribution in [0, 0.1) is 11.7 Å². The van der Waals surface area contributed by atoms with Gasteiger partial charge in [0.1, 0.15) is 11.9 Å². The highest BCUT2D eigenvalue weighted by Gasteiger charge is 2.20. The van der Waals surface area contributed by atoms with Crippen LogP contribution in [0.25, 0.3) is 0 Å². The summed E-state index contributed by atoms with van der Waals surface area (Å²) >= 11 is 0. The van der Waals surface area contributed by atoms with Gasteiger partial charge in [0.05, 0.1) is 6.54 Å². The lowest BCUT2D eigenvalue weighted by Gasteiger charge is -2.19. The molecule has 0 radical (unpaired) electrons. The van der Waals surface area contributed by atoms with E-state index in [1.165, 1.54) is 12.1 Å². The van der Waals surface area contributed by atoms with Gasteiger partial charge in [-0.2, -0.15) is 0 Å². The Balaban J connectivity index is 2.48. The molecule has 0 saturated heterocycles. The van der Waals surface area contributed by atoms with Gasteiger partial charge in [-0.3, -0.25) is 9.59 Å². The predicted octanol–water partition coefficient (Wildman–Crippen LogP) is 0.727. The van der Waals surface area contributed by atoms with Gasteiger partial charge in [-0.25, -0.2) is 4.39 Å². The molecule has 128 valence electrons. The van der Waals surface area contributed by atoms with Gasteiger partial charge < -0.3 is 16.0 Å². The summed E-state index contributed by atoms with van der Waals surface area (Å²) in [6.45, 7) is 8.03. The van der Waals surface area contributed by atoms with Crippen molar-refractivity contribution in [3.05, 3.63) is 35.6 Å². The second-order valence-electron chi connectivity index (χ2n) is 6.26. The molecule has 0 aromatic heterocycles. The fourth-order valence-corrected chi connectivity index (χ4v) is 2.34. The third-order valence-corrected chi connectivity index (χ3v) is 3.43. The minimum absolute atomic E-state index is 0.0201. The van der Waals surface area contributed by atoms with E-state index in [1.54, 1.807) is 12.1 Å². The monoisotopic (exact) mass is 324 g/mol. The highest BCUT2D eigenvalue weighted by Crippen LogP contribution is 2.17. The van der Waals surface area contributed by atoms with E-state index in [1.807, 2.05) is 19.2 Å². The number of nitrogens with one attached hydrogen (secondary N) is 2. The second kappa shape index (κ2) is 9.25. The molecular weight excluding hydrogens is 297 g/mol. The van der Waals surface area contributed by atoms with Gasteiger partial charge >= 0.3 is 0 Å². The molecule has 5 nitrogen and oxygen atoms in total. The van der Waals surface area contributed by atoms with Crippen LogP contribution in [0.4, 0.5) is 4.39 Å². The van der Waals surface area contributed by atoms with Crippen LogP contribution in [-0.4, -0.2) is 30.9 Å². The Morgan fingerprint density at radius 1 is 1.09 bits per heavy atom. The summed E-state index contributed by atoms with van der Waals surface area (Å²) in [7, 11) is 0. The first-order chi connectivity index (χ1) is 10.8. The quantitative estimate of drug-likeness (QED) is 0.659. The van der Waals surface area contributed by atoms with Gasteiger partial charge in [0.25, 0.3) is 5.91 Å². The number of amides is 2. The maximum absolute atomic E-state index is 13.0. The largest absolute Gasteiger partial charge is 0.352 e. The maximum Gasteiger partial charge on any atom is 0.275 e. The van der Waals surface area contributed by atoms with E-state index in [-0.39, 0.29) is 48.7 Å². The normalized spacial score (nSPS) is 12.3. The number of halogens is 1. The number of hydrogen-bond donors (Lipinski definition) is 3. The van der Waals surface area contributed by atoms with Crippen molar-refractivity contribution in [3.63, 3.8) is 0 Å². The molecule has 0 bridgehead atoms. The molecule has 0 heterocycles. The van der Waals surface area contributed by atoms with Gasteiger partial charge in [-0.05, 0) is 26.0 Å². The number of carbonyl (C=O) groups is 2. The van der Waals surface area contributed by atoms with Crippen molar-refractivity contribution in [3.8, 4) is 0 Å². The molecule has 1 aromatic rings. The molecule has 0 aliphatic rings. The summed E-state index contributed by atoms with van der Waals surface area (Å²) in [5, 5.41) is 7.22. The zero-order valence-corrected chi connectivity index (χ0v) is 14.2. The van der Waals surface area contributed by atoms with Crippen molar-refractivity contribution in [1.82, 2.24) is 10.6 Å². The Hall–Kier alpha value is -1.95. The average molecular weight is 324 g/mol. The minimum atomic E-state index is -0.273. The summed E-state index contributed by atoms with van der Waals surface area (Å²) in [5.41, 5.74) is 0.978. The lowest BCUT2D eigenvalue weighted by Crippen LogP contribution is -2.88. The van der Waals surface area contributed by atoms with Crippen molar-refractivity contribution in [1.29, 1.82) is 0 Å². The molecule has 23 heavy (non-hydrogen) atoms. The highest BCUT2D eigenvalue weighted by atomic mass is 19.1. The summed E-state index contributed by atoms with van der Waals surface area (Å²) in [4.78, 5) is 23.3. The summed E-state index contributed by atoms with van der Waals surface area (Å²) < 4.78 is 13.0. The van der Waals surface area contributed by atoms with Crippen LogP contribution < -0.4 is 16.0 Å². The van der Waals surface area contributed by atoms with Gasteiger partial charge in [-0.1, -0.05) is 26.0 Å². The molecule has 2 amide bonds. The highest BCUT2D eigenvalue weighted by molar-refractivity contribution is 5.85. The van der Waals surface area contributed by atoms with E-state index in [0.29, 0.717) is 0 Å². The van der Waals surface area contributed by atoms with Gasteiger partial charge in [0, 0.05) is 17.5 Å².